The van der Waals surface area contributed by atoms with Gasteiger partial charge in [0.05, 0.1) is 12.3 Å². The van der Waals surface area contributed by atoms with Crippen molar-refractivity contribution in [1.82, 2.24) is 4.98 Å². The number of hydrogen-bond donors (Lipinski definition) is 2. The molecule has 1 rings (SSSR count). The van der Waals surface area contributed by atoms with E-state index in [-0.39, 0.29) is 6.04 Å². The number of rotatable bonds is 7. The molecule has 19 heavy (non-hydrogen) atoms. The highest BCUT2D eigenvalue weighted by Gasteiger charge is 2.09. The van der Waals surface area contributed by atoms with Gasteiger partial charge in [0.25, 0.3) is 0 Å². The molecule has 5 nitrogen and oxygen atoms in total. The van der Waals surface area contributed by atoms with E-state index >= 15 is 0 Å². The molecule has 1 heterocycles. The predicted octanol–water partition coefficient (Wildman–Crippen LogP) is 1.88. The van der Waals surface area contributed by atoms with Crippen LogP contribution in [0.2, 0.25) is 0 Å². The van der Waals surface area contributed by atoms with Crippen LogP contribution in [0.5, 0.6) is 5.88 Å². The molecule has 0 saturated heterocycles. The summed E-state index contributed by atoms with van der Waals surface area (Å²) >= 11 is 0. The number of nitrogens with one attached hydrogen (secondary N) is 1. The molecule has 0 radical (unpaired) electrons. The van der Waals surface area contributed by atoms with E-state index in [1.54, 1.807) is 18.4 Å². The third kappa shape index (κ3) is 5.92. The van der Waals surface area contributed by atoms with Crippen LogP contribution in [0, 0.1) is 5.92 Å². The molecule has 3 N–H and O–H groups in total. The lowest BCUT2D eigenvalue weighted by Gasteiger charge is -2.15. The predicted molar refractivity (Wildman–Crippen MR) is 81.0 cm³/mol. The summed E-state index contributed by atoms with van der Waals surface area (Å²) in [7, 11) is -0.835. The summed E-state index contributed by atoms with van der Waals surface area (Å²) in [4.78, 5) is 4.33. The first kappa shape index (κ1) is 15.8. The van der Waals surface area contributed by atoms with Crippen LogP contribution >= 0.6 is 0 Å². The van der Waals surface area contributed by atoms with Crippen molar-refractivity contribution < 1.29 is 8.95 Å². The summed E-state index contributed by atoms with van der Waals surface area (Å²) in [6, 6.07) is 3.65. The standard InChI is InChI=1S/C13H23N3O2S/c1-9(2)7-18-13-11(14)5-6-12(16-13)15-10(3)8-19(4)17/h5-6,9-10H,7-8,14H2,1-4H3,(H,15,16). The Balaban J connectivity index is 2.69. The van der Waals surface area contributed by atoms with E-state index in [0.717, 1.165) is 0 Å². The van der Waals surface area contributed by atoms with Gasteiger partial charge in [-0.15, -0.1) is 0 Å². The maximum atomic E-state index is 11.1. The SMILES string of the molecule is CC(C)COc1nc(NC(C)CS(C)=O)ccc1N. The molecule has 0 aliphatic heterocycles. The Morgan fingerprint density at radius 3 is 2.68 bits per heavy atom. The largest absolute Gasteiger partial charge is 0.476 e. The minimum absolute atomic E-state index is 0.0832. The molecule has 0 spiro atoms. The minimum Gasteiger partial charge on any atom is -0.476 e. The first-order chi connectivity index (χ1) is 8.88. The van der Waals surface area contributed by atoms with Crippen molar-refractivity contribution in [3.05, 3.63) is 12.1 Å². The van der Waals surface area contributed by atoms with Crippen molar-refractivity contribution in [3.8, 4) is 5.88 Å². The molecule has 0 aliphatic carbocycles. The number of nitrogens with zero attached hydrogens (tertiary/aromatic N) is 1. The third-order valence-electron chi connectivity index (χ3n) is 2.32. The van der Waals surface area contributed by atoms with Gasteiger partial charge in [-0.2, -0.15) is 4.98 Å². The molecule has 0 fully saturated rings. The lowest BCUT2D eigenvalue weighted by Crippen LogP contribution is -2.23. The quantitative estimate of drug-likeness (QED) is 0.800. The van der Waals surface area contributed by atoms with Crippen LogP contribution in [0.15, 0.2) is 12.1 Å². The number of anilines is 2. The van der Waals surface area contributed by atoms with Gasteiger partial charge in [0, 0.05) is 28.9 Å². The molecule has 0 aliphatic rings. The fourth-order valence-electron chi connectivity index (χ4n) is 1.54. The van der Waals surface area contributed by atoms with Gasteiger partial charge in [0.1, 0.15) is 5.82 Å². The lowest BCUT2D eigenvalue weighted by molar-refractivity contribution is 0.263. The van der Waals surface area contributed by atoms with E-state index in [4.69, 9.17) is 10.5 Å². The van der Waals surface area contributed by atoms with Gasteiger partial charge < -0.3 is 15.8 Å². The molecule has 0 bridgehead atoms. The van der Waals surface area contributed by atoms with Gasteiger partial charge in [-0.25, -0.2) is 0 Å². The average Bonchev–Trinajstić information content (AvgIpc) is 2.28. The van der Waals surface area contributed by atoms with Crippen LogP contribution < -0.4 is 15.8 Å². The highest BCUT2D eigenvalue weighted by atomic mass is 32.2. The molecule has 6 heteroatoms. The van der Waals surface area contributed by atoms with Crippen molar-refractivity contribution in [1.29, 1.82) is 0 Å². The summed E-state index contributed by atoms with van der Waals surface area (Å²) in [5.41, 5.74) is 6.35. The van der Waals surface area contributed by atoms with Gasteiger partial charge in [0.2, 0.25) is 5.88 Å². The number of nitrogen functional groups attached to an aromatic ring is 1. The summed E-state index contributed by atoms with van der Waals surface area (Å²) in [6.45, 7) is 6.68. The van der Waals surface area contributed by atoms with E-state index in [1.807, 2.05) is 6.92 Å². The van der Waals surface area contributed by atoms with E-state index in [0.29, 0.717) is 35.7 Å². The van der Waals surface area contributed by atoms with Crippen molar-refractivity contribution >= 4 is 22.3 Å². The van der Waals surface area contributed by atoms with Crippen molar-refractivity contribution in [2.24, 2.45) is 5.92 Å². The number of pyridine rings is 1. The molecule has 1 aromatic heterocycles. The van der Waals surface area contributed by atoms with Crippen LogP contribution in [0.1, 0.15) is 20.8 Å². The highest BCUT2D eigenvalue weighted by Crippen LogP contribution is 2.21. The van der Waals surface area contributed by atoms with Crippen LogP contribution in [-0.2, 0) is 10.8 Å². The third-order valence-corrected chi connectivity index (χ3v) is 3.29. The zero-order valence-electron chi connectivity index (χ0n) is 12.0. The van der Waals surface area contributed by atoms with E-state index in [2.05, 4.69) is 24.1 Å². The second-order valence-electron chi connectivity index (χ2n) is 5.08. The zero-order valence-corrected chi connectivity index (χ0v) is 12.8. The highest BCUT2D eigenvalue weighted by molar-refractivity contribution is 7.84. The fourth-order valence-corrected chi connectivity index (χ4v) is 2.33. The first-order valence-electron chi connectivity index (χ1n) is 6.34. The van der Waals surface area contributed by atoms with Gasteiger partial charge in [-0.3, -0.25) is 4.21 Å². The maximum absolute atomic E-state index is 11.1. The van der Waals surface area contributed by atoms with Crippen molar-refractivity contribution in [2.75, 3.05) is 29.7 Å². The lowest BCUT2D eigenvalue weighted by atomic mass is 10.2. The van der Waals surface area contributed by atoms with Gasteiger partial charge in [-0.05, 0) is 25.0 Å². The molecule has 108 valence electrons. The maximum Gasteiger partial charge on any atom is 0.239 e. The van der Waals surface area contributed by atoms with Crippen LogP contribution in [0.25, 0.3) is 0 Å². The molecular formula is C13H23N3O2S. The van der Waals surface area contributed by atoms with Crippen LogP contribution in [0.3, 0.4) is 0 Å². The Morgan fingerprint density at radius 2 is 2.11 bits per heavy atom. The molecule has 1 aromatic rings. The smallest absolute Gasteiger partial charge is 0.239 e. The Morgan fingerprint density at radius 1 is 1.42 bits per heavy atom. The Kier molecular flexibility index (Phi) is 6.08. The van der Waals surface area contributed by atoms with Gasteiger partial charge >= 0.3 is 0 Å². The topological polar surface area (TPSA) is 77.2 Å². The number of nitrogens with two attached hydrogens (primary N) is 1. The van der Waals surface area contributed by atoms with E-state index < -0.39 is 10.8 Å². The number of ether oxygens (including phenoxy) is 1. The normalized spacial score (nSPS) is 14.2. The van der Waals surface area contributed by atoms with Crippen LogP contribution in [0.4, 0.5) is 11.5 Å². The van der Waals surface area contributed by atoms with E-state index in [9.17, 15) is 4.21 Å². The number of aromatic nitrogens is 1. The van der Waals surface area contributed by atoms with Crippen LogP contribution in [-0.4, -0.2) is 33.9 Å². The van der Waals surface area contributed by atoms with Crippen molar-refractivity contribution in [3.63, 3.8) is 0 Å². The van der Waals surface area contributed by atoms with Gasteiger partial charge in [-0.1, -0.05) is 13.8 Å². The first-order valence-corrected chi connectivity index (χ1v) is 8.07. The average molecular weight is 285 g/mol. The molecule has 0 aromatic carbocycles. The molecule has 2 atom stereocenters. The monoisotopic (exact) mass is 285 g/mol. The summed E-state index contributed by atoms with van der Waals surface area (Å²) < 4.78 is 16.7. The summed E-state index contributed by atoms with van der Waals surface area (Å²) in [6.07, 6.45) is 1.69. The Hall–Kier alpha value is -1.30. The van der Waals surface area contributed by atoms with Gasteiger partial charge in [0.15, 0.2) is 0 Å². The molecule has 0 saturated carbocycles. The van der Waals surface area contributed by atoms with Crippen molar-refractivity contribution in [2.45, 2.75) is 26.8 Å². The Labute approximate surface area is 117 Å². The minimum atomic E-state index is -0.835. The Bertz CT molecular complexity index is 438. The molecule has 2 unspecified atom stereocenters. The second kappa shape index (κ2) is 7.33. The zero-order chi connectivity index (χ0) is 14.4. The summed E-state index contributed by atoms with van der Waals surface area (Å²) in [5, 5.41) is 3.19. The van der Waals surface area contributed by atoms with E-state index in [1.165, 1.54) is 0 Å². The second-order valence-corrected chi connectivity index (χ2v) is 6.56. The fraction of sp³-hybridized carbons (Fsp3) is 0.615. The number of hydrogen-bond acceptors (Lipinski definition) is 5. The molecular weight excluding hydrogens is 262 g/mol. The summed E-state index contributed by atoms with van der Waals surface area (Å²) in [5.74, 6) is 2.13. The molecule has 0 amide bonds.